The van der Waals surface area contributed by atoms with E-state index < -0.39 is 10.5 Å². The highest BCUT2D eigenvalue weighted by atomic mass is 16.6. The predicted molar refractivity (Wildman–Crippen MR) is 54.1 cm³/mol. The summed E-state index contributed by atoms with van der Waals surface area (Å²) in [6, 6.07) is 0. The summed E-state index contributed by atoms with van der Waals surface area (Å²) in [5.74, 6) is 0.338. The third-order valence-corrected chi connectivity index (χ3v) is 2.48. The zero-order chi connectivity index (χ0) is 11.0. The Labute approximate surface area is 85.4 Å². The minimum absolute atomic E-state index is 0.337. The highest BCUT2D eigenvalue weighted by molar-refractivity contribution is 5.56. The number of nitro groups is 1. The van der Waals surface area contributed by atoms with Crippen molar-refractivity contribution in [2.45, 2.75) is 26.4 Å². The van der Waals surface area contributed by atoms with Crippen molar-refractivity contribution in [2.24, 2.45) is 0 Å². The summed E-state index contributed by atoms with van der Waals surface area (Å²) in [6.07, 6.45) is 0.853. The Kier molecular flexibility index (Phi) is 2.22. The van der Waals surface area contributed by atoms with Crippen LogP contribution < -0.4 is 10.9 Å². The van der Waals surface area contributed by atoms with E-state index in [4.69, 9.17) is 0 Å². The molecule has 0 spiro atoms. The third-order valence-electron chi connectivity index (χ3n) is 2.48. The summed E-state index contributed by atoms with van der Waals surface area (Å²) >= 11 is 0. The zero-order valence-corrected chi connectivity index (χ0v) is 8.39. The monoisotopic (exact) mass is 212 g/mol. The predicted octanol–water partition coefficient (Wildman–Crippen LogP) is 0.393. The molecule has 15 heavy (non-hydrogen) atoms. The Morgan fingerprint density at radius 3 is 2.73 bits per heavy atom. The molecule has 82 valence electrons. The van der Waals surface area contributed by atoms with Crippen molar-refractivity contribution >= 4 is 11.5 Å². The highest BCUT2D eigenvalue weighted by Crippen LogP contribution is 2.24. The van der Waals surface area contributed by atoms with Crippen LogP contribution in [0.2, 0.25) is 0 Å². The summed E-state index contributed by atoms with van der Waals surface area (Å²) in [5.41, 5.74) is -0.843. The molecule has 1 aliphatic heterocycles. The average Bonchev–Trinajstić information content (AvgIpc) is 2.71. The lowest BCUT2D eigenvalue weighted by atomic mass is 10.4. The second-order valence-electron chi connectivity index (χ2n) is 3.39. The van der Waals surface area contributed by atoms with Crippen molar-refractivity contribution in [3.8, 4) is 0 Å². The van der Waals surface area contributed by atoms with E-state index in [-0.39, 0.29) is 5.69 Å². The van der Waals surface area contributed by atoms with Gasteiger partial charge in [-0.2, -0.15) is 0 Å². The minimum atomic E-state index is -0.612. The molecule has 0 aromatic carbocycles. The van der Waals surface area contributed by atoms with Gasteiger partial charge in [-0.3, -0.25) is 19.6 Å². The topological polar surface area (TPSA) is 82.1 Å². The molecule has 0 bridgehead atoms. The van der Waals surface area contributed by atoms with Gasteiger partial charge in [0.25, 0.3) is 0 Å². The van der Waals surface area contributed by atoms with Crippen LogP contribution in [0.4, 0.5) is 11.5 Å². The van der Waals surface area contributed by atoms with Gasteiger partial charge in [-0.15, -0.1) is 0 Å². The maximum Gasteiger partial charge on any atom is 0.376 e. The molecule has 0 saturated heterocycles. The molecule has 0 atom stereocenters. The van der Waals surface area contributed by atoms with Crippen molar-refractivity contribution in [3.05, 3.63) is 20.5 Å². The molecule has 0 amide bonds. The van der Waals surface area contributed by atoms with Crippen LogP contribution in [0, 0.1) is 10.1 Å². The molecular weight excluding hydrogens is 200 g/mol. The first kappa shape index (κ1) is 9.75. The molecular formula is C8H12N4O3. The Morgan fingerprint density at radius 2 is 2.13 bits per heavy atom. The van der Waals surface area contributed by atoms with Crippen LogP contribution in [-0.4, -0.2) is 20.8 Å². The molecule has 0 radical (unpaired) electrons. The van der Waals surface area contributed by atoms with Crippen LogP contribution in [0.25, 0.3) is 0 Å². The molecule has 1 aliphatic rings. The lowest BCUT2D eigenvalue weighted by Crippen LogP contribution is -2.18. The molecule has 1 aromatic heterocycles. The Balaban J connectivity index is 2.63. The maximum absolute atomic E-state index is 11.7. The zero-order valence-electron chi connectivity index (χ0n) is 8.39. The number of fused-ring (bicyclic) bond motifs is 1. The molecule has 7 nitrogen and oxygen atoms in total. The molecule has 1 N–H and O–H groups in total. The number of anilines is 1. The first-order valence-corrected chi connectivity index (χ1v) is 4.88. The van der Waals surface area contributed by atoms with E-state index in [0.717, 1.165) is 6.42 Å². The van der Waals surface area contributed by atoms with E-state index in [2.05, 4.69) is 5.32 Å². The van der Waals surface area contributed by atoms with Gasteiger partial charge in [-0.05, 0) is 13.3 Å². The molecule has 0 saturated carbocycles. The number of aromatic nitrogens is 2. The van der Waals surface area contributed by atoms with Crippen molar-refractivity contribution in [3.63, 3.8) is 0 Å². The van der Waals surface area contributed by atoms with Crippen molar-refractivity contribution in [2.75, 3.05) is 11.9 Å². The minimum Gasteiger partial charge on any atom is -0.365 e. The number of nitrogens with one attached hydrogen (secondary N) is 1. The van der Waals surface area contributed by atoms with Crippen molar-refractivity contribution in [1.82, 2.24) is 9.36 Å². The van der Waals surface area contributed by atoms with E-state index in [0.29, 0.717) is 25.5 Å². The van der Waals surface area contributed by atoms with Crippen LogP contribution in [0.15, 0.2) is 4.79 Å². The van der Waals surface area contributed by atoms with E-state index in [1.807, 2.05) is 6.92 Å². The molecule has 2 rings (SSSR count). The lowest BCUT2D eigenvalue weighted by Gasteiger charge is -2.04. The smallest absolute Gasteiger partial charge is 0.365 e. The molecule has 0 unspecified atom stereocenters. The van der Waals surface area contributed by atoms with E-state index in [1.165, 1.54) is 4.68 Å². The number of hydrogen-bond donors (Lipinski definition) is 1. The van der Waals surface area contributed by atoms with Crippen LogP contribution >= 0.6 is 0 Å². The summed E-state index contributed by atoms with van der Waals surface area (Å²) in [4.78, 5) is 21.8. The molecule has 0 fully saturated rings. The number of hydrogen-bond acceptors (Lipinski definition) is 4. The molecule has 1 aromatic rings. The standard InChI is InChI=1S/C8H12N4O3/c1-2-9-7-6(12(14)15)8(13)11-5-3-4-10(7)11/h9H,2-5H2,1H3. The van der Waals surface area contributed by atoms with Crippen molar-refractivity contribution in [1.29, 1.82) is 0 Å². The average molecular weight is 212 g/mol. The van der Waals surface area contributed by atoms with E-state index >= 15 is 0 Å². The summed E-state index contributed by atoms with van der Waals surface area (Å²) in [7, 11) is 0. The van der Waals surface area contributed by atoms with Gasteiger partial charge in [0.2, 0.25) is 5.82 Å². The van der Waals surface area contributed by atoms with Gasteiger partial charge in [0.05, 0.1) is 4.92 Å². The molecule has 7 heteroatoms. The van der Waals surface area contributed by atoms with Crippen LogP contribution in [0.5, 0.6) is 0 Å². The van der Waals surface area contributed by atoms with Gasteiger partial charge in [0.1, 0.15) is 0 Å². The molecule has 2 heterocycles. The number of rotatable bonds is 3. The third kappa shape index (κ3) is 1.31. The van der Waals surface area contributed by atoms with Crippen molar-refractivity contribution < 1.29 is 4.92 Å². The van der Waals surface area contributed by atoms with Gasteiger partial charge < -0.3 is 5.32 Å². The Hall–Kier alpha value is -1.79. The van der Waals surface area contributed by atoms with Gasteiger partial charge in [0, 0.05) is 19.6 Å². The second-order valence-corrected chi connectivity index (χ2v) is 3.39. The molecule has 0 aliphatic carbocycles. The fraction of sp³-hybridized carbons (Fsp3) is 0.625. The maximum atomic E-state index is 11.7. The van der Waals surface area contributed by atoms with E-state index in [1.54, 1.807) is 4.68 Å². The fourth-order valence-electron chi connectivity index (χ4n) is 1.91. The Bertz CT molecular complexity index is 459. The first-order valence-electron chi connectivity index (χ1n) is 4.88. The van der Waals surface area contributed by atoms with E-state index in [9.17, 15) is 14.9 Å². The van der Waals surface area contributed by atoms with Gasteiger partial charge in [-0.25, -0.2) is 4.68 Å². The largest absolute Gasteiger partial charge is 0.376 e. The normalized spacial score (nSPS) is 13.9. The summed E-state index contributed by atoms with van der Waals surface area (Å²) < 4.78 is 3.08. The van der Waals surface area contributed by atoms with Gasteiger partial charge >= 0.3 is 11.2 Å². The van der Waals surface area contributed by atoms with Crippen LogP contribution in [0.3, 0.4) is 0 Å². The SMILES string of the molecule is CCNc1c([N+](=O)[O-])c(=O)n2n1CCC2. The van der Waals surface area contributed by atoms with Gasteiger partial charge in [-0.1, -0.05) is 0 Å². The highest BCUT2D eigenvalue weighted by Gasteiger charge is 2.30. The first-order chi connectivity index (χ1) is 7.16. The lowest BCUT2D eigenvalue weighted by molar-refractivity contribution is -0.385. The fourth-order valence-corrected chi connectivity index (χ4v) is 1.91. The van der Waals surface area contributed by atoms with Crippen LogP contribution in [0.1, 0.15) is 13.3 Å². The summed E-state index contributed by atoms with van der Waals surface area (Å²) in [5, 5.41) is 13.6. The quantitative estimate of drug-likeness (QED) is 0.580. The van der Waals surface area contributed by atoms with Crippen LogP contribution in [-0.2, 0) is 13.1 Å². The Morgan fingerprint density at radius 1 is 1.47 bits per heavy atom. The number of nitrogens with zero attached hydrogens (tertiary/aromatic N) is 3. The van der Waals surface area contributed by atoms with Gasteiger partial charge in [0.15, 0.2) is 0 Å². The summed E-state index contributed by atoms with van der Waals surface area (Å²) in [6.45, 7) is 3.62. The second kappa shape index (κ2) is 3.41.